The Balaban J connectivity index is 1.70. The molecule has 0 bridgehead atoms. The van der Waals surface area contributed by atoms with Gasteiger partial charge in [0.05, 0.1) is 0 Å². The zero-order valence-corrected chi connectivity index (χ0v) is 13.7. The molecular formula is C18H28N2O. The molecule has 0 N–H and O–H groups in total. The third-order valence-electron chi connectivity index (χ3n) is 4.94. The van der Waals surface area contributed by atoms with Crippen molar-refractivity contribution >= 4 is 5.78 Å². The molecule has 0 aromatic carbocycles. The van der Waals surface area contributed by atoms with Crippen LogP contribution in [0.15, 0.2) is 12.3 Å². The van der Waals surface area contributed by atoms with Crippen molar-refractivity contribution in [3.63, 3.8) is 0 Å². The van der Waals surface area contributed by atoms with Crippen LogP contribution in [0.3, 0.4) is 0 Å². The monoisotopic (exact) mass is 288 g/mol. The van der Waals surface area contributed by atoms with E-state index in [0.29, 0.717) is 18.1 Å². The van der Waals surface area contributed by atoms with Gasteiger partial charge < -0.3 is 9.47 Å². The van der Waals surface area contributed by atoms with Crippen molar-refractivity contribution < 1.29 is 4.79 Å². The number of rotatable bonds is 4. The van der Waals surface area contributed by atoms with Gasteiger partial charge in [0.15, 0.2) is 5.78 Å². The van der Waals surface area contributed by atoms with Crippen LogP contribution in [0, 0.1) is 11.3 Å². The Morgan fingerprint density at radius 2 is 1.90 bits per heavy atom. The fourth-order valence-electron chi connectivity index (χ4n) is 3.97. The fraction of sp³-hybridized carbons (Fsp3) is 0.722. The van der Waals surface area contributed by atoms with Crippen LogP contribution in [0.2, 0.25) is 0 Å². The number of ketones is 1. The third-order valence-corrected chi connectivity index (χ3v) is 4.94. The van der Waals surface area contributed by atoms with E-state index in [9.17, 15) is 4.79 Å². The standard InChI is InChI=1S/C18H28N2O/c1-14(12-19-7-4-5-8-19)13-20-9-6-15-16(20)10-18(2,3)11-17(15)21/h6,9,14H,4-5,7-8,10-13H2,1-3H3. The second kappa shape index (κ2) is 5.60. The Morgan fingerprint density at radius 3 is 2.62 bits per heavy atom. The number of hydrogen-bond acceptors (Lipinski definition) is 2. The van der Waals surface area contributed by atoms with Gasteiger partial charge in [0.25, 0.3) is 0 Å². The molecule has 1 unspecified atom stereocenters. The summed E-state index contributed by atoms with van der Waals surface area (Å²) in [6, 6.07) is 2.04. The highest BCUT2D eigenvalue weighted by Crippen LogP contribution is 2.35. The van der Waals surface area contributed by atoms with Gasteiger partial charge in [-0.1, -0.05) is 20.8 Å². The number of fused-ring (bicyclic) bond motifs is 1. The zero-order chi connectivity index (χ0) is 15.0. The highest BCUT2D eigenvalue weighted by atomic mass is 16.1. The van der Waals surface area contributed by atoms with E-state index < -0.39 is 0 Å². The molecule has 0 saturated carbocycles. The smallest absolute Gasteiger partial charge is 0.165 e. The van der Waals surface area contributed by atoms with Gasteiger partial charge >= 0.3 is 0 Å². The van der Waals surface area contributed by atoms with E-state index in [4.69, 9.17) is 0 Å². The summed E-state index contributed by atoms with van der Waals surface area (Å²) in [6.45, 7) is 11.5. The van der Waals surface area contributed by atoms with E-state index in [-0.39, 0.29) is 5.41 Å². The summed E-state index contributed by atoms with van der Waals surface area (Å²) < 4.78 is 2.34. The summed E-state index contributed by atoms with van der Waals surface area (Å²) in [5.41, 5.74) is 2.35. The minimum absolute atomic E-state index is 0.110. The van der Waals surface area contributed by atoms with Crippen molar-refractivity contribution in [1.29, 1.82) is 0 Å². The molecular weight excluding hydrogens is 260 g/mol. The normalized spacial score (nSPS) is 23.3. The second-order valence-corrected chi connectivity index (χ2v) is 7.88. The Labute approximate surface area is 128 Å². The van der Waals surface area contributed by atoms with Crippen LogP contribution in [-0.4, -0.2) is 34.9 Å². The summed E-state index contributed by atoms with van der Waals surface area (Å²) in [5, 5.41) is 0. The first kappa shape index (κ1) is 14.8. The van der Waals surface area contributed by atoms with E-state index in [0.717, 1.165) is 18.5 Å². The van der Waals surface area contributed by atoms with Crippen molar-refractivity contribution in [2.75, 3.05) is 19.6 Å². The molecule has 0 spiro atoms. The molecule has 3 rings (SSSR count). The fourth-order valence-corrected chi connectivity index (χ4v) is 3.97. The largest absolute Gasteiger partial charge is 0.350 e. The summed E-state index contributed by atoms with van der Waals surface area (Å²) in [5.74, 6) is 0.965. The maximum Gasteiger partial charge on any atom is 0.165 e. The van der Waals surface area contributed by atoms with Crippen molar-refractivity contribution in [3.05, 3.63) is 23.5 Å². The lowest BCUT2D eigenvalue weighted by atomic mass is 9.76. The van der Waals surface area contributed by atoms with Crippen molar-refractivity contribution in [3.8, 4) is 0 Å². The van der Waals surface area contributed by atoms with Gasteiger partial charge in [0.2, 0.25) is 0 Å². The molecule has 1 saturated heterocycles. The zero-order valence-electron chi connectivity index (χ0n) is 13.7. The summed E-state index contributed by atoms with van der Waals surface area (Å²) in [7, 11) is 0. The Bertz CT molecular complexity index is 523. The van der Waals surface area contributed by atoms with Gasteiger partial charge in [-0.15, -0.1) is 0 Å². The molecule has 1 atom stereocenters. The molecule has 0 radical (unpaired) electrons. The molecule has 1 aliphatic heterocycles. The lowest BCUT2D eigenvalue weighted by molar-refractivity contribution is 0.0909. The number of aromatic nitrogens is 1. The van der Waals surface area contributed by atoms with Crippen molar-refractivity contribution in [2.24, 2.45) is 11.3 Å². The maximum atomic E-state index is 12.3. The van der Waals surface area contributed by atoms with Gasteiger partial charge in [-0.05, 0) is 49.8 Å². The summed E-state index contributed by atoms with van der Waals surface area (Å²) in [6.07, 6.45) is 6.55. The number of nitrogens with zero attached hydrogens (tertiary/aromatic N) is 2. The number of likely N-dealkylation sites (tertiary alicyclic amines) is 1. The SMILES string of the molecule is CC(CN1CCCC1)Cn1ccc2c1CC(C)(C)CC2=O. The van der Waals surface area contributed by atoms with Gasteiger partial charge in [-0.2, -0.15) is 0 Å². The minimum atomic E-state index is 0.110. The van der Waals surface area contributed by atoms with E-state index in [1.54, 1.807) is 0 Å². The highest BCUT2D eigenvalue weighted by molar-refractivity contribution is 5.98. The third kappa shape index (κ3) is 3.23. The molecule has 1 aliphatic carbocycles. The molecule has 2 aliphatic rings. The average molecular weight is 288 g/mol. The Kier molecular flexibility index (Phi) is 3.96. The average Bonchev–Trinajstić information content (AvgIpc) is 2.99. The van der Waals surface area contributed by atoms with Gasteiger partial charge in [-0.3, -0.25) is 4.79 Å². The molecule has 116 valence electrons. The first-order valence-corrected chi connectivity index (χ1v) is 8.38. The number of carbonyl (C=O) groups is 1. The number of Topliss-reactive ketones (excluding diaryl/α,β-unsaturated/α-hetero) is 1. The van der Waals surface area contributed by atoms with Crippen LogP contribution >= 0.6 is 0 Å². The second-order valence-electron chi connectivity index (χ2n) is 7.88. The number of carbonyl (C=O) groups excluding carboxylic acids is 1. The molecule has 1 fully saturated rings. The predicted molar refractivity (Wildman–Crippen MR) is 85.7 cm³/mol. The molecule has 1 aromatic rings. The van der Waals surface area contributed by atoms with Crippen molar-refractivity contribution in [2.45, 2.75) is 53.0 Å². The van der Waals surface area contributed by atoms with Crippen LogP contribution in [0.4, 0.5) is 0 Å². The first-order valence-electron chi connectivity index (χ1n) is 8.38. The van der Waals surface area contributed by atoms with Crippen molar-refractivity contribution in [1.82, 2.24) is 9.47 Å². The van der Waals surface area contributed by atoms with E-state index in [1.807, 2.05) is 6.07 Å². The summed E-state index contributed by atoms with van der Waals surface area (Å²) in [4.78, 5) is 14.8. The van der Waals surface area contributed by atoms with Crippen LogP contribution in [0.5, 0.6) is 0 Å². The van der Waals surface area contributed by atoms with Crippen LogP contribution < -0.4 is 0 Å². The minimum Gasteiger partial charge on any atom is -0.350 e. The predicted octanol–water partition coefficient (Wildman–Crippen LogP) is 3.38. The molecule has 2 heterocycles. The maximum absolute atomic E-state index is 12.3. The van der Waals surface area contributed by atoms with Crippen LogP contribution in [0.25, 0.3) is 0 Å². The lowest BCUT2D eigenvalue weighted by Crippen LogP contribution is -2.30. The van der Waals surface area contributed by atoms with E-state index in [2.05, 4.69) is 36.4 Å². The molecule has 1 aromatic heterocycles. The molecule has 0 amide bonds. The lowest BCUT2D eigenvalue weighted by Gasteiger charge is -2.30. The molecule has 3 heteroatoms. The van der Waals surface area contributed by atoms with Gasteiger partial charge in [-0.25, -0.2) is 0 Å². The van der Waals surface area contributed by atoms with E-state index in [1.165, 1.54) is 38.2 Å². The molecule has 3 nitrogen and oxygen atoms in total. The van der Waals surface area contributed by atoms with Crippen LogP contribution in [0.1, 0.15) is 56.1 Å². The first-order chi connectivity index (χ1) is 9.94. The highest BCUT2D eigenvalue weighted by Gasteiger charge is 2.33. The van der Waals surface area contributed by atoms with Crippen LogP contribution in [-0.2, 0) is 13.0 Å². The van der Waals surface area contributed by atoms with Gasteiger partial charge in [0, 0.05) is 37.0 Å². The molecule has 21 heavy (non-hydrogen) atoms. The summed E-state index contributed by atoms with van der Waals surface area (Å²) >= 11 is 0. The quantitative estimate of drug-likeness (QED) is 0.848. The van der Waals surface area contributed by atoms with E-state index >= 15 is 0 Å². The Hall–Kier alpha value is -1.09. The topological polar surface area (TPSA) is 25.2 Å². The number of hydrogen-bond donors (Lipinski definition) is 0. The van der Waals surface area contributed by atoms with Gasteiger partial charge in [0.1, 0.15) is 0 Å². The Morgan fingerprint density at radius 1 is 1.19 bits per heavy atom.